The van der Waals surface area contributed by atoms with Crippen molar-refractivity contribution >= 4 is 28.3 Å². The SMILES string of the molecule is NC(=O)c1oc2ccncc2c1Nc1ccc(CO)cc1F. The summed E-state index contributed by atoms with van der Waals surface area (Å²) in [7, 11) is 0. The van der Waals surface area contributed by atoms with E-state index in [1.807, 2.05) is 0 Å². The first kappa shape index (κ1) is 14.0. The number of aromatic nitrogens is 1. The van der Waals surface area contributed by atoms with Gasteiger partial charge in [-0.3, -0.25) is 9.78 Å². The van der Waals surface area contributed by atoms with Crippen LogP contribution in [0.5, 0.6) is 0 Å². The molecule has 0 spiro atoms. The Morgan fingerprint density at radius 1 is 1.41 bits per heavy atom. The number of nitrogens with one attached hydrogen (secondary N) is 1. The number of hydrogen-bond acceptors (Lipinski definition) is 5. The molecule has 1 aromatic carbocycles. The van der Waals surface area contributed by atoms with E-state index < -0.39 is 11.7 Å². The van der Waals surface area contributed by atoms with Crippen molar-refractivity contribution in [1.29, 1.82) is 0 Å². The zero-order chi connectivity index (χ0) is 15.7. The fourth-order valence-electron chi connectivity index (χ4n) is 2.13. The molecule has 112 valence electrons. The fourth-order valence-corrected chi connectivity index (χ4v) is 2.13. The largest absolute Gasteiger partial charge is 0.448 e. The Labute approximate surface area is 124 Å². The van der Waals surface area contributed by atoms with Gasteiger partial charge in [0.15, 0.2) is 0 Å². The summed E-state index contributed by atoms with van der Waals surface area (Å²) < 4.78 is 19.4. The molecule has 0 fully saturated rings. The molecule has 1 amide bonds. The first-order valence-electron chi connectivity index (χ1n) is 6.42. The number of fused-ring (bicyclic) bond motifs is 1. The van der Waals surface area contributed by atoms with Gasteiger partial charge in [0.1, 0.15) is 17.1 Å². The minimum atomic E-state index is -0.772. The molecular weight excluding hydrogens is 289 g/mol. The lowest BCUT2D eigenvalue weighted by atomic mass is 10.2. The molecule has 0 saturated heterocycles. The van der Waals surface area contributed by atoms with Gasteiger partial charge in [0, 0.05) is 12.4 Å². The number of rotatable bonds is 4. The number of nitrogens with zero attached hydrogens (tertiary/aromatic N) is 1. The minimum absolute atomic E-state index is 0.103. The van der Waals surface area contributed by atoms with Crippen molar-refractivity contribution in [3.63, 3.8) is 0 Å². The lowest BCUT2D eigenvalue weighted by molar-refractivity contribution is 0.0977. The molecule has 4 N–H and O–H groups in total. The third kappa shape index (κ3) is 2.38. The molecule has 7 heteroatoms. The number of aliphatic hydroxyl groups is 1. The fraction of sp³-hybridized carbons (Fsp3) is 0.0667. The van der Waals surface area contributed by atoms with Crippen molar-refractivity contribution in [2.45, 2.75) is 6.61 Å². The highest BCUT2D eigenvalue weighted by molar-refractivity contribution is 6.06. The predicted octanol–water partition coefficient (Wildman–Crippen LogP) is 2.30. The molecule has 0 radical (unpaired) electrons. The van der Waals surface area contributed by atoms with Gasteiger partial charge in [-0.25, -0.2) is 4.39 Å². The Balaban J connectivity index is 2.10. The van der Waals surface area contributed by atoms with Crippen LogP contribution in [-0.4, -0.2) is 16.0 Å². The topological polar surface area (TPSA) is 101 Å². The van der Waals surface area contributed by atoms with Crippen molar-refractivity contribution in [2.75, 3.05) is 5.32 Å². The Kier molecular flexibility index (Phi) is 3.48. The van der Waals surface area contributed by atoms with E-state index in [4.69, 9.17) is 15.3 Å². The Hall–Kier alpha value is -2.93. The first-order valence-corrected chi connectivity index (χ1v) is 6.42. The van der Waals surface area contributed by atoms with Gasteiger partial charge >= 0.3 is 0 Å². The number of carbonyl (C=O) groups excluding carboxylic acids is 1. The molecule has 0 saturated carbocycles. The lowest BCUT2D eigenvalue weighted by Crippen LogP contribution is -2.12. The van der Waals surface area contributed by atoms with Crippen LogP contribution in [0.1, 0.15) is 16.1 Å². The van der Waals surface area contributed by atoms with Crippen LogP contribution in [0.4, 0.5) is 15.8 Å². The predicted molar refractivity (Wildman–Crippen MR) is 78.1 cm³/mol. The van der Waals surface area contributed by atoms with Crippen LogP contribution >= 0.6 is 0 Å². The number of hydrogen-bond donors (Lipinski definition) is 3. The average molecular weight is 301 g/mol. The average Bonchev–Trinajstić information content (AvgIpc) is 2.88. The summed E-state index contributed by atoms with van der Waals surface area (Å²) in [6, 6.07) is 5.81. The lowest BCUT2D eigenvalue weighted by Gasteiger charge is -2.08. The molecule has 0 aliphatic rings. The van der Waals surface area contributed by atoms with Crippen LogP contribution in [0.3, 0.4) is 0 Å². The van der Waals surface area contributed by atoms with Crippen molar-refractivity contribution in [1.82, 2.24) is 4.98 Å². The minimum Gasteiger partial charge on any atom is -0.448 e. The number of amides is 1. The number of nitrogens with two attached hydrogens (primary N) is 1. The van der Waals surface area contributed by atoms with Gasteiger partial charge in [-0.2, -0.15) is 0 Å². The van der Waals surface area contributed by atoms with Crippen LogP contribution in [0.15, 0.2) is 41.1 Å². The van der Waals surface area contributed by atoms with E-state index in [1.54, 1.807) is 12.1 Å². The number of carbonyl (C=O) groups is 1. The summed E-state index contributed by atoms with van der Waals surface area (Å²) >= 11 is 0. The van der Waals surface area contributed by atoms with Crippen LogP contribution in [-0.2, 0) is 6.61 Å². The summed E-state index contributed by atoms with van der Waals surface area (Å²) in [5.74, 6) is -1.44. The number of primary amides is 1. The monoisotopic (exact) mass is 301 g/mol. The standard InChI is InChI=1S/C15H12FN3O3/c16-10-5-8(7-20)1-2-11(10)19-13-9-6-18-4-3-12(9)22-14(13)15(17)21/h1-6,19-20H,7H2,(H2,17,21). The highest BCUT2D eigenvalue weighted by Gasteiger charge is 2.19. The van der Waals surface area contributed by atoms with Gasteiger partial charge in [0.25, 0.3) is 5.91 Å². The number of halogens is 1. The van der Waals surface area contributed by atoms with E-state index in [2.05, 4.69) is 10.3 Å². The number of benzene rings is 1. The Bertz CT molecular complexity index is 860. The second-order valence-corrected chi connectivity index (χ2v) is 4.64. The maximum atomic E-state index is 14.0. The summed E-state index contributed by atoms with van der Waals surface area (Å²) in [4.78, 5) is 15.5. The normalized spacial score (nSPS) is 10.8. The molecule has 3 aromatic rings. The summed E-state index contributed by atoms with van der Waals surface area (Å²) in [6.45, 7) is -0.262. The zero-order valence-electron chi connectivity index (χ0n) is 11.3. The summed E-state index contributed by atoms with van der Waals surface area (Å²) in [5.41, 5.74) is 6.54. The van der Waals surface area contributed by atoms with E-state index in [-0.39, 0.29) is 23.7 Å². The van der Waals surface area contributed by atoms with Gasteiger partial charge in [0.2, 0.25) is 5.76 Å². The smallest absolute Gasteiger partial charge is 0.286 e. The number of anilines is 2. The third-order valence-electron chi connectivity index (χ3n) is 3.19. The van der Waals surface area contributed by atoms with Gasteiger partial charge in [0.05, 0.1) is 17.7 Å². The molecule has 0 bridgehead atoms. The third-order valence-corrected chi connectivity index (χ3v) is 3.19. The Morgan fingerprint density at radius 2 is 2.23 bits per heavy atom. The molecule has 0 aliphatic carbocycles. The number of pyridine rings is 1. The van der Waals surface area contributed by atoms with Gasteiger partial charge < -0.3 is 20.6 Å². The molecule has 2 heterocycles. The molecule has 6 nitrogen and oxygen atoms in total. The summed E-state index contributed by atoms with van der Waals surface area (Å²) in [5, 5.41) is 12.3. The van der Waals surface area contributed by atoms with E-state index in [0.29, 0.717) is 16.5 Å². The van der Waals surface area contributed by atoms with Crippen molar-refractivity contribution in [3.05, 3.63) is 53.8 Å². The van der Waals surface area contributed by atoms with Gasteiger partial charge in [-0.1, -0.05) is 6.07 Å². The van der Waals surface area contributed by atoms with Crippen LogP contribution < -0.4 is 11.1 Å². The molecule has 0 aliphatic heterocycles. The second kappa shape index (κ2) is 5.45. The van der Waals surface area contributed by atoms with Gasteiger partial charge in [-0.15, -0.1) is 0 Å². The van der Waals surface area contributed by atoms with Crippen LogP contribution in [0.2, 0.25) is 0 Å². The first-order chi connectivity index (χ1) is 10.6. The molecule has 0 atom stereocenters. The quantitative estimate of drug-likeness (QED) is 0.686. The van der Waals surface area contributed by atoms with Crippen LogP contribution in [0.25, 0.3) is 11.0 Å². The van der Waals surface area contributed by atoms with E-state index in [9.17, 15) is 9.18 Å². The zero-order valence-corrected chi connectivity index (χ0v) is 11.3. The summed E-state index contributed by atoms with van der Waals surface area (Å²) in [6.07, 6.45) is 3.00. The maximum Gasteiger partial charge on any atom is 0.286 e. The maximum absolute atomic E-state index is 14.0. The van der Waals surface area contributed by atoms with Gasteiger partial charge in [-0.05, 0) is 23.8 Å². The highest BCUT2D eigenvalue weighted by Crippen LogP contribution is 2.33. The van der Waals surface area contributed by atoms with Crippen LogP contribution in [0, 0.1) is 5.82 Å². The van der Waals surface area contributed by atoms with Crippen molar-refractivity contribution in [3.8, 4) is 0 Å². The molecule has 2 aromatic heterocycles. The molecular formula is C15H12FN3O3. The molecule has 3 rings (SSSR count). The number of aliphatic hydroxyl groups excluding tert-OH is 1. The van der Waals surface area contributed by atoms with E-state index in [0.717, 1.165) is 0 Å². The molecule has 0 unspecified atom stereocenters. The van der Waals surface area contributed by atoms with Crippen molar-refractivity contribution < 1.29 is 18.7 Å². The second-order valence-electron chi connectivity index (χ2n) is 4.64. The van der Waals surface area contributed by atoms with E-state index in [1.165, 1.54) is 24.5 Å². The van der Waals surface area contributed by atoms with E-state index >= 15 is 0 Å². The molecule has 22 heavy (non-hydrogen) atoms. The highest BCUT2D eigenvalue weighted by atomic mass is 19.1. The number of furan rings is 1. The Morgan fingerprint density at radius 3 is 2.91 bits per heavy atom. The van der Waals surface area contributed by atoms with Crippen molar-refractivity contribution in [2.24, 2.45) is 5.73 Å².